The maximum absolute atomic E-state index is 12.3. The first kappa shape index (κ1) is 19.5. The molecule has 2 aromatic rings. The van der Waals surface area contributed by atoms with E-state index in [9.17, 15) is 9.59 Å². The van der Waals surface area contributed by atoms with Crippen molar-refractivity contribution in [1.82, 2.24) is 9.88 Å². The molecule has 3 rings (SSSR count). The third kappa shape index (κ3) is 4.52. The van der Waals surface area contributed by atoms with Crippen LogP contribution in [0.25, 0.3) is 10.9 Å². The number of aryl methyl sites for hydroxylation is 1. The minimum absolute atomic E-state index is 0.0955. The van der Waals surface area contributed by atoms with Crippen LogP contribution in [0.5, 0.6) is 5.75 Å². The van der Waals surface area contributed by atoms with Crippen LogP contribution < -0.4 is 15.6 Å². The predicted octanol–water partition coefficient (Wildman–Crippen LogP) is 3.64. The van der Waals surface area contributed by atoms with Gasteiger partial charge in [0.2, 0.25) is 5.91 Å². The Hall–Kier alpha value is -2.30. The molecule has 0 saturated heterocycles. The summed E-state index contributed by atoms with van der Waals surface area (Å²) in [5.74, 6) is 1.88. The van der Waals surface area contributed by atoms with Crippen molar-refractivity contribution in [3.63, 3.8) is 0 Å². The standard InChI is InChI=1S/C22H30N2O3/c1-15-8-6-10-18(16(15)2)23-21(25)12-7-13-27-20-14-22(26)24(3)19-11-5-4-9-17(19)20/h4-5,9,11,14-16,18H,6-8,10,12-13H2,1-3H3,(H,23,25). The van der Waals surface area contributed by atoms with E-state index in [0.29, 0.717) is 43.1 Å². The Kier molecular flexibility index (Phi) is 6.19. The molecule has 5 nitrogen and oxygen atoms in total. The molecular weight excluding hydrogens is 340 g/mol. The molecule has 1 aromatic heterocycles. The molecule has 5 heteroatoms. The van der Waals surface area contributed by atoms with Crippen molar-refractivity contribution in [2.24, 2.45) is 18.9 Å². The fraction of sp³-hybridized carbons (Fsp3) is 0.545. The molecule has 1 amide bonds. The van der Waals surface area contributed by atoms with Crippen LogP contribution in [0, 0.1) is 11.8 Å². The van der Waals surface area contributed by atoms with Crippen LogP contribution in [0.15, 0.2) is 35.1 Å². The summed E-state index contributed by atoms with van der Waals surface area (Å²) in [5, 5.41) is 4.11. The number of rotatable bonds is 6. The van der Waals surface area contributed by atoms with Crippen molar-refractivity contribution in [3.05, 3.63) is 40.7 Å². The Balaban J connectivity index is 1.52. The molecule has 0 radical (unpaired) electrons. The second-order valence-corrected chi connectivity index (χ2v) is 7.82. The Morgan fingerprint density at radius 2 is 2.04 bits per heavy atom. The number of nitrogens with zero attached hydrogens (tertiary/aromatic N) is 1. The van der Waals surface area contributed by atoms with Gasteiger partial charge >= 0.3 is 0 Å². The normalized spacial score (nSPS) is 22.6. The van der Waals surface area contributed by atoms with Gasteiger partial charge < -0.3 is 14.6 Å². The number of ether oxygens (including phenoxy) is 1. The zero-order chi connectivity index (χ0) is 19.4. The molecule has 27 heavy (non-hydrogen) atoms. The van der Waals surface area contributed by atoms with Gasteiger partial charge in [0.25, 0.3) is 5.56 Å². The summed E-state index contributed by atoms with van der Waals surface area (Å²) >= 11 is 0. The molecule has 1 aliphatic rings. The molecule has 1 aromatic carbocycles. The van der Waals surface area contributed by atoms with Crippen molar-refractivity contribution in [3.8, 4) is 5.75 Å². The molecule has 146 valence electrons. The van der Waals surface area contributed by atoms with E-state index in [1.807, 2.05) is 24.3 Å². The first-order valence-electron chi connectivity index (χ1n) is 9.98. The summed E-state index contributed by atoms with van der Waals surface area (Å²) in [6.45, 7) is 4.92. The molecule has 1 aliphatic carbocycles. The minimum atomic E-state index is -0.0955. The number of amides is 1. The average molecular weight is 370 g/mol. The van der Waals surface area contributed by atoms with Gasteiger partial charge in [0.05, 0.1) is 12.1 Å². The van der Waals surface area contributed by atoms with Crippen LogP contribution in [0.3, 0.4) is 0 Å². The number of carbonyl (C=O) groups is 1. The van der Waals surface area contributed by atoms with Gasteiger partial charge in [-0.05, 0) is 36.8 Å². The monoisotopic (exact) mass is 370 g/mol. The van der Waals surface area contributed by atoms with Crippen molar-refractivity contribution in [2.75, 3.05) is 6.61 Å². The lowest BCUT2D eigenvalue weighted by molar-refractivity contribution is -0.122. The molecule has 1 fully saturated rings. The fourth-order valence-electron chi connectivity index (χ4n) is 3.98. The molecule has 0 spiro atoms. The lowest BCUT2D eigenvalue weighted by atomic mass is 9.78. The summed E-state index contributed by atoms with van der Waals surface area (Å²) in [5.41, 5.74) is 0.750. The number of aromatic nitrogens is 1. The molecule has 1 N–H and O–H groups in total. The lowest BCUT2D eigenvalue weighted by Gasteiger charge is -2.34. The van der Waals surface area contributed by atoms with E-state index >= 15 is 0 Å². The van der Waals surface area contributed by atoms with Gasteiger partial charge in [0.15, 0.2) is 0 Å². The number of hydrogen-bond acceptors (Lipinski definition) is 3. The topological polar surface area (TPSA) is 60.3 Å². The zero-order valence-electron chi connectivity index (χ0n) is 16.5. The third-order valence-electron chi connectivity index (χ3n) is 5.97. The SMILES string of the molecule is CC1CCCC(NC(=O)CCCOc2cc(=O)n(C)c3ccccc23)C1C. The lowest BCUT2D eigenvalue weighted by Crippen LogP contribution is -2.43. The number of carbonyl (C=O) groups excluding carboxylic acids is 1. The summed E-state index contributed by atoms with van der Waals surface area (Å²) in [6.07, 6.45) is 4.60. The highest BCUT2D eigenvalue weighted by molar-refractivity contribution is 5.85. The van der Waals surface area contributed by atoms with Crippen LogP contribution in [0.1, 0.15) is 46.0 Å². The number of para-hydroxylation sites is 1. The summed E-state index contributed by atoms with van der Waals surface area (Å²) in [6, 6.07) is 9.50. The first-order chi connectivity index (χ1) is 13.0. The van der Waals surface area contributed by atoms with Gasteiger partial charge in [-0.2, -0.15) is 0 Å². The second-order valence-electron chi connectivity index (χ2n) is 7.82. The van der Waals surface area contributed by atoms with Crippen molar-refractivity contribution < 1.29 is 9.53 Å². The van der Waals surface area contributed by atoms with Gasteiger partial charge in [0, 0.05) is 31.0 Å². The van der Waals surface area contributed by atoms with Gasteiger partial charge in [-0.25, -0.2) is 0 Å². The predicted molar refractivity (Wildman–Crippen MR) is 108 cm³/mol. The summed E-state index contributed by atoms with van der Waals surface area (Å²) < 4.78 is 7.45. The maximum Gasteiger partial charge on any atom is 0.254 e. The van der Waals surface area contributed by atoms with Crippen LogP contribution in [-0.4, -0.2) is 23.1 Å². The van der Waals surface area contributed by atoms with E-state index in [1.165, 1.54) is 18.9 Å². The van der Waals surface area contributed by atoms with Crippen LogP contribution >= 0.6 is 0 Å². The summed E-state index contributed by atoms with van der Waals surface area (Å²) in [4.78, 5) is 24.4. The molecule has 3 atom stereocenters. The minimum Gasteiger partial charge on any atom is -0.493 e. The number of nitrogens with one attached hydrogen (secondary N) is 1. The van der Waals surface area contributed by atoms with Crippen molar-refractivity contribution in [1.29, 1.82) is 0 Å². The van der Waals surface area contributed by atoms with Crippen LogP contribution in [0.2, 0.25) is 0 Å². The fourth-order valence-corrected chi connectivity index (χ4v) is 3.98. The van der Waals surface area contributed by atoms with E-state index in [0.717, 1.165) is 17.3 Å². The number of benzene rings is 1. The number of fused-ring (bicyclic) bond motifs is 1. The summed E-state index contributed by atoms with van der Waals surface area (Å²) in [7, 11) is 1.76. The Morgan fingerprint density at radius 3 is 2.85 bits per heavy atom. The number of hydrogen-bond donors (Lipinski definition) is 1. The Labute approximate surface area is 160 Å². The average Bonchev–Trinajstić information content (AvgIpc) is 2.66. The molecule has 1 heterocycles. The van der Waals surface area contributed by atoms with E-state index in [-0.39, 0.29) is 11.5 Å². The van der Waals surface area contributed by atoms with Gasteiger partial charge in [0.1, 0.15) is 5.75 Å². The van der Waals surface area contributed by atoms with E-state index < -0.39 is 0 Å². The van der Waals surface area contributed by atoms with Gasteiger partial charge in [-0.15, -0.1) is 0 Å². The zero-order valence-corrected chi connectivity index (χ0v) is 16.5. The third-order valence-corrected chi connectivity index (χ3v) is 5.97. The Bertz CT molecular complexity index is 858. The molecule has 1 saturated carbocycles. The smallest absolute Gasteiger partial charge is 0.254 e. The van der Waals surface area contributed by atoms with E-state index in [1.54, 1.807) is 11.6 Å². The highest BCUT2D eigenvalue weighted by Crippen LogP contribution is 2.29. The number of pyridine rings is 1. The largest absolute Gasteiger partial charge is 0.493 e. The highest BCUT2D eigenvalue weighted by Gasteiger charge is 2.27. The highest BCUT2D eigenvalue weighted by atomic mass is 16.5. The van der Waals surface area contributed by atoms with Gasteiger partial charge in [-0.3, -0.25) is 9.59 Å². The second kappa shape index (κ2) is 8.59. The molecule has 0 aliphatic heterocycles. The van der Waals surface area contributed by atoms with E-state index in [4.69, 9.17) is 4.74 Å². The van der Waals surface area contributed by atoms with Gasteiger partial charge in [-0.1, -0.05) is 38.8 Å². The maximum atomic E-state index is 12.3. The van der Waals surface area contributed by atoms with E-state index in [2.05, 4.69) is 19.2 Å². The quantitative estimate of drug-likeness (QED) is 0.790. The molecular formula is C22H30N2O3. The first-order valence-corrected chi connectivity index (χ1v) is 9.98. The van der Waals surface area contributed by atoms with Crippen molar-refractivity contribution in [2.45, 2.75) is 52.0 Å². The molecule has 3 unspecified atom stereocenters. The van der Waals surface area contributed by atoms with Crippen LogP contribution in [0.4, 0.5) is 0 Å². The van der Waals surface area contributed by atoms with Crippen molar-refractivity contribution >= 4 is 16.8 Å². The molecule has 0 bridgehead atoms. The Morgan fingerprint density at radius 1 is 1.26 bits per heavy atom. The van der Waals surface area contributed by atoms with Crippen LogP contribution in [-0.2, 0) is 11.8 Å².